The van der Waals surface area contributed by atoms with Gasteiger partial charge in [-0.1, -0.05) is 5.16 Å². The zero-order chi connectivity index (χ0) is 17.3. The number of benzene rings is 1. The van der Waals surface area contributed by atoms with Crippen molar-refractivity contribution in [3.05, 3.63) is 59.5 Å². The molecule has 3 aromatic rings. The van der Waals surface area contributed by atoms with E-state index in [1.54, 1.807) is 6.92 Å². The summed E-state index contributed by atoms with van der Waals surface area (Å²) in [5.41, 5.74) is 6.72. The molecule has 0 saturated heterocycles. The Balaban J connectivity index is 1.89. The highest BCUT2D eigenvalue weighted by molar-refractivity contribution is 6.04. The normalized spacial score (nSPS) is 10.6. The molecule has 0 aliphatic carbocycles. The van der Waals surface area contributed by atoms with E-state index in [0.29, 0.717) is 5.69 Å². The molecule has 24 heavy (non-hydrogen) atoms. The average molecular weight is 330 g/mol. The summed E-state index contributed by atoms with van der Waals surface area (Å²) in [5.74, 6) is -1.56. The van der Waals surface area contributed by atoms with Crippen molar-refractivity contribution in [2.24, 2.45) is 0 Å². The molecular weight excluding hydrogens is 318 g/mol. The van der Waals surface area contributed by atoms with Crippen LogP contribution in [0.3, 0.4) is 0 Å². The maximum atomic E-state index is 13.8. The topological polar surface area (TPSA) is 94.0 Å². The van der Waals surface area contributed by atoms with E-state index in [9.17, 15) is 13.6 Å². The van der Waals surface area contributed by atoms with E-state index >= 15 is 0 Å². The maximum absolute atomic E-state index is 13.8. The second-order valence-corrected chi connectivity index (χ2v) is 5.02. The number of halogens is 2. The zero-order valence-electron chi connectivity index (χ0n) is 12.5. The first kappa shape index (κ1) is 15.6. The fraction of sp³-hybridized carbons (Fsp3) is 0.0625. The van der Waals surface area contributed by atoms with E-state index in [1.165, 1.54) is 18.4 Å². The van der Waals surface area contributed by atoms with Gasteiger partial charge in [0.1, 0.15) is 35.1 Å². The number of aryl methyl sites for hydroxylation is 1. The van der Waals surface area contributed by atoms with E-state index in [4.69, 9.17) is 10.3 Å². The van der Waals surface area contributed by atoms with E-state index < -0.39 is 17.5 Å². The van der Waals surface area contributed by atoms with Crippen molar-refractivity contribution in [3.8, 4) is 11.1 Å². The summed E-state index contributed by atoms with van der Waals surface area (Å²) < 4.78 is 31.8. The molecule has 122 valence electrons. The molecule has 0 fully saturated rings. The molecule has 8 heteroatoms. The van der Waals surface area contributed by atoms with Gasteiger partial charge < -0.3 is 15.6 Å². The minimum atomic E-state index is -0.623. The number of nitrogens with one attached hydrogen (secondary N) is 1. The van der Waals surface area contributed by atoms with Crippen LogP contribution in [0.25, 0.3) is 11.1 Å². The van der Waals surface area contributed by atoms with E-state index in [1.807, 2.05) is 0 Å². The number of aromatic nitrogens is 2. The van der Waals surface area contributed by atoms with Crippen molar-refractivity contribution in [2.75, 3.05) is 11.1 Å². The lowest BCUT2D eigenvalue weighted by Crippen LogP contribution is -2.14. The number of nitrogens with zero attached hydrogens (tertiary/aromatic N) is 2. The standard InChI is InChI=1S/C16H12F2N4O2/c1-8-12(7-24-22-8)16(23)21-14-5-3-10(15(19)20-14)11-6-9(17)2-4-13(11)18/h2-7H,1H3,(H3,19,20,21,23). The summed E-state index contributed by atoms with van der Waals surface area (Å²) >= 11 is 0. The van der Waals surface area contributed by atoms with Crippen molar-refractivity contribution >= 4 is 17.5 Å². The Hall–Kier alpha value is -3.29. The summed E-state index contributed by atoms with van der Waals surface area (Å²) in [7, 11) is 0. The van der Waals surface area contributed by atoms with Crippen LogP contribution in [0.1, 0.15) is 16.1 Å². The summed E-state index contributed by atoms with van der Waals surface area (Å²) in [6.07, 6.45) is 1.21. The van der Waals surface area contributed by atoms with Crippen molar-refractivity contribution in [1.82, 2.24) is 10.1 Å². The monoisotopic (exact) mass is 330 g/mol. The average Bonchev–Trinajstić information content (AvgIpc) is 2.96. The van der Waals surface area contributed by atoms with Gasteiger partial charge >= 0.3 is 0 Å². The summed E-state index contributed by atoms with van der Waals surface area (Å²) in [5, 5.41) is 6.14. The molecule has 3 N–H and O–H groups in total. The van der Waals surface area contributed by atoms with Crippen molar-refractivity contribution < 1.29 is 18.1 Å². The first-order valence-electron chi connectivity index (χ1n) is 6.90. The van der Waals surface area contributed by atoms with Crippen LogP contribution in [0.4, 0.5) is 20.4 Å². The first-order valence-corrected chi connectivity index (χ1v) is 6.90. The Morgan fingerprint density at radius 2 is 2.00 bits per heavy atom. The highest BCUT2D eigenvalue weighted by Crippen LogP contribution is 2.29. The Kier molecular flexibility index (Phi) is 3.95. The third-order valence-electron chi connectivity index (χ3n) is 3.38. The number of nitrogen functional groups attached to an aromatic ring is 1. The first-order chi connectivity index (χ1) is 11.5. The smallest absolute Gasteiger partial charge is 0.262 e. The molecular formula is C16H12F2N4O2. The molecule has 0 bridgehead atoms. The van der Waals surface area contributed by atoms with Gasteiger partial charge in [-0.25, -0.2) is 13.8 Å². The van der Waals surface area contributed by atoms with Gasteiger partial charge in [0.15, 0.2) is 0 Å². The lowest BCUT2D eigenvalue weighted by molar-refractivity contribution is 0.102. The van der Waals surface area contributed by atoms with Crippen LogP contribution < -0.4 is 11.1 Å². The SMILES string of the molecule is Cc1nocc1C(=O)Nc1ccc(-c2cc(F)ccc2F)c(N)n1. The predicted molar refractivity (Wildman–Crippen MR) is 83.2 cm³/mol. The highest BCUT2D eigenvalue weighted by atomic mass is 19.1. The number of rotatable bonds is 3. The van der Waals surface area contributed by atoms with Crippen LogP contribution in [-0.2, 0) is 0 Å². The van der Waals surface area contributed by atoms with Gasteiger partial charge in [-0.2, -0.15) is 0 Å². The molecule has 0 radical (unpaired) electrons. The highest BCUT2D eigenvalue weighted by Gasteiger charge is 2.15. The number of hydrogen-bond acceptors (Lipinski definition) is 5. The molecule has 0 atom stereocenters. The van der Waals surface area contributed by atoms with Crippen molar-refractivity contribution in [2.45, 2.75) is 6.92 Å². The Morgan fingerprint density at radius 3 is 2.67 bits per heavy atom. The van der Waals surface area contributed by atoms with Crippen molar-refractivity contribution in [1.29, 1.82) is 0 Å². The number of pyridine rings is 1. The third-order valence-corrected chi connectivity index (χ3v) is 3.38. The second kappa shape index (κ2) is 6.07. The number of hydrogen-bond donors (Lipinski definition) is 2. The number of carbonyl (C=O) groups excluding carboxylic acids is 1. The Bertz CT molecular complexity index is 924. The fourth-order valence-corrected chi connectivity index (χ4v) is 2.17. The van der Waals surface area contributed by atoms with E-state index in [0.717, 1.165) is 18.2 Å². The lowest BCUT2D eigenvalue weighted by Gasteiger charge is -2.09. The summed E-state index contributed by atoms with van der Waals surface area (Å²) in [4.78, 5) is 16.1. The molecule has 2 heterocycles. The van der Waals surface area contributed by atoms with Gasteiger partial charge in [0.25, 0.3) is 5.91 Å². The maximum Gasteiger partial charge on any atom is 0.262 e. The van der Waals surface area contributed by atoms with E-state index in [2.05, 4.69) is 15.5 Å². The van der Waals surface area contributed by atoms with Crippen LogP contribution in [-0.4, -0.2) is 16.0 Å². The third kappa shape index (κ3) is 2.94. The minimum absolute atomic E-state index is 0.00671. The number of anilines is 2. The molecule has 2 aromatic heterocycles. The van der Waals surface area contributed by atoms with Crippen LogP contribution >= 0.6 is 0 Å². The van der Waals surface area contributed by atoms with Gasteiger partial charge in [0.2, 0.25) is 0 Å². The largest absolute Gasteiger partial charge is 0.383 e. The van der Waals surface area contributed by atoms with Gasteiger partial charge in [-0.15, -0.1) is 0 Å². The second-order valence-electron chi connectivity index (χ2n) is 5.02. The Labute approximate surface area is 135 Å². The molecule has 0 aliphatic rings. The molecule has 3 rings (SSSR count). The minimum Gasteiger partial charge on any atom is -0.383 e. The van der Waals surface area contributed by atoms with Crippen molar-refractivity contribution in [3.63, 3.8) is 0 Å². The lowest BCUT2D eigenvalue weighted by atomic mass is 10.1. The molecule has 1 aromatic carbocycles. The summed E-state index contributed by atoms with van der Waals surface area (Å²) in [6.45, 7) is 1.62. The number of nitrogens with two attached hydrogens (primary N) is 1. The Morgan fingerprint density at radius 1 is 1.21 bits per heavy atom. The fourth-order valence-electron chi connectivity index (χ4n) is 2.17. The van der Waals surface area contributed by atoms with Crippen LogP contribution in [0, 0.1) is 18.6 Å². The van der Waals surface area contributed by atoms with Crippen LogP contribution in [0.15, 0.2) is 41.1 Å². The quantitative estimate of drug-likeness (QED) is 0.769. The summed E-state index contributed by atoms with van der Waals surface area (Å²) in [6, 6.07) is 5.95. The number of carbonyl (C=O) groups is 1. The molecule has 0 aliphatic heterocycles. The molecule has 0 spiro atoms. The zero-order valence-corrected chi connectivity index (χ0v) is 12.5. The number of amides is 1. The molecule has 0 saturated carbocycles. The van der Waals surface area contributed by atoms with Crippen LogP contribution in [0.2, 0.25) is 0 Å². The van der Waals surface area contributed by atoms with Gasteiger partial charge in [-0.3, -0.25) is 4.79 Å². The molecule has 6 nitrogen and oxygen atoms in total. The van der Waals surface area contributed by atoms with Gasteiger partial charge in [-0.05, 0) is 37.3 Å². The van der Waals surface area contributed by atoms with Gasteiger partial charge in [0, 0.05) is 11.1 Å². The van der Waals surface area contributed by atoms with Gasteiger partial charge in [0.05, 0.1) is 5.69 Å². The molecule has 1 amide bonds. The van der Waals surface area contributed by atoms with Crippen LogP contribution in [0.5, 0.6) is 0 Å². The predicted octanol–water partition coefficient (Wildman–Crippen LogP) is 3.16. The van der Waals surface area contributed by atoms with E-state index in [-0.39, 0.29) is 28.3 Å². The molecule has 0 unspecified atom stereocenters.